The molecule has 1 atom stereocenters. The summed E-state index contributed by atoms with van der Waals surface area (Å²) < 4.78 is 0. The quantitative estimate of drug-likeness (QED) is 0.902. The van der Waals surface area contributed by atoms with Crippen molar-refractivity contribution in [2.75, 3.05) is 20.1 Å². The van der Waals surface area contributed by atoms with Gasteiger partial charge in [-0.15, -0.1) is 0 Å². The molecule has 112 valence electrons. The van der Waals surface area contributed by atoms with E-state index in [0.29, 0.717) is 6.54 Å². The Morgan fingerprint density at radius 3 is 2.85 bits per heavy atom. The van der Waals surface area contributed by atoms with Gasteiger partial charge in [-0.1, -0.05) is 26.8 Å². The summed E-state index contributed by atoms with van der Waals surface area (Å²) in [7, 11) is 1.68. The molecule has 0 bridgehead atoms. The van der Waals surface area contributed by atoms with Crippen molar-refractivity contribution in [3.05, 3.63) is 29.1 Å². The molecule has 0 aliphatic carbocycles. The van der Waals surface area contributed by atoms with E-state index < -0.39 is 0 Å². The van der Waals surface area contributed by atoms with E-state index in [0.717, 1.165) is 13.0 Å². The van der Waals surface area contributed by atoms with Gasteiger partial charge in [-0.25, -0.2) is 0 Å². The number of amides is 1. The van der Waals surface area contributed by atoms with Gasteiger partial charge in [0.05, 0.1) is 6.54 Å². The number of nitrogens with zero attached hydrogens (tertiary/aromatic N) is 2. The maximum absolute atomic E-state index is 11.6. The zero-order valence-corrected chi connectivity index (χ0v) is 13.2. The molecule has 0 aromatic carbocycles. The van der Waals surface area contributed by atoms with Crippen LogP contribution in [0.15, 0.2) is 12.3 Å². The molecule has 0 fully saturated rings. The number of pyridine rings is 1. The SMILES string of the molecule is CNC(=O)CN1CCc2ncc(C(C)(C)C)cc2C1C.[HH]. The first-order valence-electron chi connectivity index (χ1n) is 7.27. The predicted molar refractivity (Wildman–Crippen MR) is 82.8 cm³/mol. The fraction of sp³-hybridized carbons (Fsp3) is 0.625. The van der Waals surface area contributed by atoms with Gasteiger partial charge in [0.15, 0.2) is 0 Å². The van der Waals surface area contributed by atoms with Gasteiger partial charge < -0.3 is 5.32 Å². The monoisotopic (exact) mass is 277 g/mol. The van der Waals surface area contributed by atoms with Crippen molar-refractivity contribution >= 4 is 5.91 Å². The summed E-state index contributed by atoms with van der Waals surface area (Å²) in [4.78, 5) is 18.5. The largest absolute Gasteiger partial charge is 0.358 e. The van der Waals surface area contributed by atoms with Crippen LogP contribution in [0, 0.1) is 0 Å². The van der Waals surface area contributed by atoms with Crippen LogP contribution in [0.5, 0.6) is 0 Å². The Bertz CT molecular complexity index is 511. The highest BCUT2D eigenvalue weighted by Gasteiger charge is 2.27. The third kappa shape index (κ3) is 3.01. The normalized spacial score (nSPS) is 19.6. The van der Waals surface area contributed by atoms with Crippen molar-refractivity contribution in [3.63, 3.8) is 0 Å². The molecule has 0 spiro atoms. The molecule has 4 nitrogen and oxygen atoms in total. The molecule has 2 heterocycles. The molecule has 0 radical (unpaired) electrons. The Morgan fingerprint density at radius 2 is 2.25 bits per heavy atom. The Balaban J connectivity index is 0.00000220. The van der Waals surface area contributed by atoms with Crippen molar-refractivity contribution in [1.82, 2.24) is 15.2 Å². The van der Waals surface area contributed by atoms with Crippen LogP contribution in [0.2, 0.25) is 0 Å². The summed E-state index contributed by atoms with van der Waals surface area (Å²) in [6.07, 6.45) is 2.92. The first-order chi connectivity index (χ1) is 9.32. The third-order valence-corrected chi connectivity index (χ3v) is 4.13. The number of carbonyl (C=O) groups is 1. The van der Waals surface area contributed by atoms with E-state index in [-0.39, 0.29) is 18.8 Å². The molecule has 20 heavy (non-hydrogen) atoms. The molecule has 1 amide bonds. The van der Waals surface area contributed by atoms with Gasteiger partial charge in [0.2, 0.25) is 5.91 Å². The number of hydrogen-bond acceptors (Lipinski definition) is 3. The lowest BCUT2D eigenvalue weighted by molar-refractivity contribution is -0.122. The molecule has 1 aromatic rings. The highest BCUT2D eigenvalue weighted by atomic mass is 16.1. The molecule has 1 aromatic heterocycles. The molecule has 4 heteroatoms. The number of aromatic nitrogens is 1. The van der Waals surface area contributed by atoms with Crippen LogP contribution in [-0.4, -0.2) is 35.9 Å². The summed E-state index contributed by atoms with van der Waals surface area (Å²) in [5, 5.41) is 2.70. The van der Waals surface area contributed by atoms with Crippen LogP contribution in [0.25, 0.3) is 0 Å². The van der Waals surface area contributed by atoms with Crippen molar-refractivity contribution in [3.8, 4) is 0 Å². The fourth-order valence-corrected chi connectivity index (χ4v) is 2.61. The van der Waals surface area contributed by atoms with Crippen LogP contribution in [0.3, 0.4) is 0 Å². The average Bonchev–Trinajstić information content (AvgIpc) is 2.40. The lowest BCUT2D eigenvalue weighted by Crippen LogP contribution is -2.41. The predicted octanol–water partition coefficient (Wildman–Crippen LogP) is 2.29. The standard InChI is InChI=1S/C16H25N3O.H2/c1-11-13-8-12(16(2,3)4)9-18-14(13)6-7-19(11)10-15(20)17-5;/h8-9,11H,6-7,10H2,1-5H3,(H,17,20);1H. The van der Waals surface area contributed by atoms with E-state index in [9.17, 15) is 4.79 Å². The number of carbonyl (C=O) groups excluding carboxylic acids is 1. The van der Waals surface area contributed by atoms with Crippen LogP contribution in [-0.2, 0) is 16.6 Å². The number of nitrogens with one attached hydrogen (secondary N) is 1. The number of likely N-dealkylation sites (N-methyl/N-ethyl adjacent to an activating group) is 1. The maximum Gasteiger partial charge on any atom is 0.233 e. The summed E-state index contributed by atoms with van der Waals surface area (Å²) >= 11 is 0. The highest BCUT2D eigenvalue weighted by molar-refractivity contribution is 5.77. The van der Waals surface area contributed by atoms with E-state index in [1.807, 2.05) is 6.20 Å². The molecule has 2 rings (SSSR count). The number of hydrogen-bond donors (Lipinski definition) is 1. The highest BCUT2D eigenvalue weighted by Crippen LogP contribution is 2.31. The molecule has 1 N–H and O–H groups in total. The maximum atomic E-state index is 11.6. The smallest absolute Gasteiger partial charge is 0.233 e. The second kappa shape index (κ2) is 5.52. The van der Waals surface area contributed by atoms with Crippen molar-refractivity contribution < 1.29 is 6.22 Å². The van der Waals surface area contributed by atoms with Crippen molar-refractivity contribution in [1.29, 1.82) is 0 Å². The fourth-order valence-electron chi connectivity index (χ4n) is 2.61. The van der Waals surface area contributed by atoms with Crippen molar-refractivity contribution in [2.45, 2.75) is 45.6 Å². The molecule has 1 unspecified atom stereocenters. The van der Waals surface area contributed by atoms with Crippen LogP contribution >= 0.6 is 0 Å². The zero-order chi connectivity index (χ0) is 14.9. The van der Waals surface area contributed by atoms with E-state index in [1.54, 1.807) is 7.05 Å². The molecular formula is C16H27N3O. The van der Waals surface area contributed by atoms with Gasteiger partial charge >= 0.3 is 0 Å². The van der Waals surface area contributed by atoms with Gasteiger partial charge in [0, 0.05) is 39.4 Å². The topological polar surface area (TPSA) is 45.2 Å². The first kappa shape index (κ1) is 15.0. The van der Waals surface area contributed by atoms with Crippen LogP contribution in [0.1, 0.15) is 52.0 Å². The molecule has 1 aliphatic rings. The van der Waals surface area contributed by atoms with Crippen LogP contribution < -0.4 is 5.32 Å². The van der Waals surface area contributed by atoms with E-state index in [4.69, 9.17) is 0 Å². The molecule has 0 saturated heterocycles. The summed E-state index contributed by atoms with van der Waals surface area (Å²) in [5.41, 5.74) is 3.81. The Morgan fingerprint density at radius 1 is 1.55 bits per heavy atom. The van der Waals surface area contributed by atoms with E-state index in [1.165, 1.54) is 16.8 Å². The second-order valence-electron chi connectivity index (χ2n) is 6.58. The Kier molecular flexibility index (Phi) is 4.14. The second-order valence-corrected chi connectivity index (χ2v) is 6.58. The van der Waals surface area contributed by atoms with E-state index in [2.05, 4.69) is 49.0 Å². The van der Waals surface area contributed by atoms with E-state index >= 15 is 0 Å². The van der Waals surface area contributed by atoms with Gasteiger partial charge in [0.1, 0.15) is 0 Å². The molecule has 1 aliphatic heterocycles. The van der Waals surface area contributed by atoms with Gasteiger partial charge in [-0.2, -0.15) is 0 Å². The zero-order valence-electron chi connectivity index (χ0n) is 13.2. The van der Waals surface area contributed by atoms with Crippen molar-refractivity contribution in [2.24, 2.45) is 0 Å². The van der Waals surface area contributed by atoms with Gasteiger partial charge in [-0.05, 0) is 23.5 Å². The summed E-state index contributed by atoms with van der Waals surface area (Å²) in [6, 6.07) is 2.51. The van der Waals surface area contributed by atoms with Gasteiger partial charge in [-0.3, -0.25) is 14.7 Å². The number of rotatable bonds is 2. The summed E-state index contributed by atoms with van der Waals surface area (Å²) in [5.74, 6) is 0.0697. The lowest BCUT2D eigenvalue weighted by Gasteiger charge is -2.35. The minimum absolute atomic E-state index is 0. The summed E-state index contributed by atoms with van der Waals surface area (Å²) in [6.45, 7) is 10.1. The molecule has 0 saturated carbocycles. The number of fused-ring (bicyclic) bond motifs is 1. The Labute approximate surface area is 123 Å². The third-order valence-electron chi connectivity index (χ3n) is 4.13. The van der Waals surface area contributed by atoms with Gasteiger partial charge in [0.25, 0.3) is 0 Å². The van der Waals surface area contributed by atoms with Crippen LogP contribution in [0.4, 0.5) is 0 Å². The molecular weight excluding hydrogens is 250 g/mol. The minimum Gasteiger partial charge on any atom is -0.358 e. The average molecular weight is 277 g/mol. The lowest BCUT2D eigenvalue weighted by atomic mass is 9.85. The minimum atomic E-state index is 0. The first-order valence-corrected chi connectivity index (χ1v) is 7.27. The Hall–Kier alpha value is -1.42.